The van der Waals surface area contributed by atoms with Gasteiger partial charge in [0.2, 0.25) is 15.2 Å². The van der Waals surface area contributed by atoms with Crippen LogP contribution >= 0.6 is 11.8 Å². The molecule has 2 aromatic carbocycles. The number of rotatable bonds is 6. The van der Waals surface area contributed by atoms with Crippen LogP contribution in [0.5, 0.6) is 0 Å². The van der Waals surface area contributed by atoms with Gasteiger partial charge in [-0.3, -0.25) is 14.2 Å². The van der Waals surface area contributed by atoms with Gasteiger partial charge in [0.15, 0.2) is 11.6 Å². The van der Waals surface area contributed by atoms with Gasteiger partial charge in [0.05, 0.1) is 17.7 Å². The first kappa shape index (κ1) is 19.7. The molecule has 1 aromatic heterocycles. The lowest BCUT2D eigenvalue weighted by Crippen LogP contribution is -2.34. The van der Waals surface area contributed by atoms with Crippen molar-refractivity contribution < 1.29 is 13.2 Å². The van der Waals surface area contributed by atoms with E-state index in [0.29, 0.717) is 28.8 Å². The Labute approximate surface area is 173 Å². The van der Waals surface area contributed by atoms with E-state index in [0.717, 1.165) is 24.0 Å². The predicted molar refractivity (Wildman–Crippen MR) is 114 cm³/mol. The number of H-pyrrole nitrogens is 1. The molecule has 0 saturated heterocycles. The summed E-state index contributed by atoms with van der Waals surface area (Å²) >= 11 is 1.27. The lowest BCUT2D eigenvalue weighted by atomic mass is 9.99. The first-order chi connectivity index (χ1) is 13.9. The average molecular weight is 429 g/mol. The first-order valence-corrected chi connectivity index (χ1v) is 12.0. The second kappa shape index (κ2) is 8.00. The van der Waals surface area contributed by atoms with Gasteiger partial charge in [-0.2, -0.15) is 0 Å². The van der Waals surface area contributed by atoms with Crippen molar-refractivity contribution in [3.05, 3.63) is 59.7 Å². The standard InChI is InChI=1S/C20H20N4O3S2/c1-29(26,27)24-11-5-8-15-12-16(9-10-17(15)24)18(25)13-28-20-21-19(22-23-20)14-6-3-2-4-7-14/h2-4,6-7,9-10,12H,5,8,11,13H2,1H3,(H,21,22,23). The molecule has 3 aromatic rings. The highest BCUT2D eigenvalue weighted by Crippen LogP contribution is 2.30. The van der Waals surface area contributed by atoms with Crippen LogP contribution in [0.2, 0.25) is 0 Å². The fourth-order valence-corrected chi connectivity index (χ4v) is 5.02. The summed E-state index contributed by atoms with van der Waals surface area (Å²) in [4.78, 5) is 17.1. The van der Waals surface area contributed by atoms with Crippen molar-refractivity contribution in [2.45, 2.75) is 18.0 Å². The minimum absolute atomic E-state index is 0.0414. The van der Waals surface area contributed by atoms with Crippen LogP contribution in [0.1, 0.15) is 22.3 Å². The zero-order valence-corrected chi connectivity index (χ0v) is 17.5. The number of nitrogens with one attached hydrogen (secondary N) is 1. The molecule has 29 heavy (non-hydrogen) atoms. The van der Waals surface area contributed by atoms with Crippen LogP contribution in [0.25, 0.3) is 11.4 Å². The number of hydrogen-bond donors (Lipinski definition) is 1. The van der Waals surface area contributed by atoms with Gasteiger partial charge in [0, 0.05) is 17.7 Å². The lowest BCUT2D eigenvalue weighted by molar-refractivity contribution is 0.102. The molecule has 1 N–H and O–H groups in total. The zero-order valence-electron chi connectivity index (χ0n) is 15.8. The van der Waals surface area contributed by atoms with Crippen molar-refractivity contribution in [2.24, 2.45) is 0 Å². The maximum Gasteiger partial charge on any atom is 0.232 e. The fourth-order valence-electron chi connectivity index (χ4n) is 3.33. The third-order valence-electron chi connectivity index (χ3n) is 4.72. The van der Waals surface area contributed by atoms with Crippen molar-refractivity contribution >= 4 is 33.3 Å². The van der Waals surface area contributed by atoms with Crippen LogP contribution in [0.15, 0.2) is 53.7 Å². The third kappa shape index (κ3) is 4.35. The summed E-state index contributed by atoms with van der Waals surface area (Å²) in [7, 11) is -3.31. The number of benzene rings is 2. The zero-order chi connectivity index (χ0) is 20.4. The highest BCUT2D eigenvalue weighted by atomic mass is 32.2. The number of thioether (sulfide) groups is 1. The molecule has 0 bridgehead atoms. The Kier molecular flexibility index (Phi) is 5.42. The van der Waals surface area contributed by atoms with E-state index in [4.69, 9.17) is 0 Å². The van der Waals surface area contributed by atoms with E-state index >= 15 is 0 Å². The summed E-state index contributed by atoms with van der Waals surface area (Å²) in [6.07, 6.45) is 2.71. The first-order valence-electron chi connectivity index (χ1n) is 9.16. The Bertz CT molecular complexity index is 1140. The fraction of sp³-hybridized carbons (Fsp3) is 0.250. The number of anilines is 1. The van der Waals surface area contributed by atoms with Gasteiger partial charge in [0.25, 0.3) is 0 Å². The normalized spacial score (nSPS) is 13.9. The molecule has 1 aliphatic rings. The molecule has 0 spiro atoms. The van der Waals surface area contributed by atoms with E-state index in [1.165, 1.54) is 22.3 Å². The quantitative estimate of drug-likeness (QED) is 0.479. The van der Waals surface area contributed by atoms with Gasteiger partial charge in [-0.05, 0) is 36.6 Å². The SMILES string of the molecule is CS(=O)(=O)N1CCCc2cc(C(=O)CSc3n[nH]c(-c4ccccc4)n3)ccc21. The van der Waals surface area contributed by atoms with E-state index in [1.807, 2.05) is 36.4 Å². The Balaban J connectivity index is 1.45. The molecule has 150 valence electrons. The van der Waals surface area contributed by atoms with Crippen LogP contribution in [0, 0.1) is 0 Å². The van der Waals surface area contributed by atoms with Gasteiger partial charge >= 0.3 is 0 Å². The Morgan fingerprint density at radius 2 is 2.00 bits per heavy atom. The molecule has 1 aliphatic heterocycles. The second-order valence-corrected chi connectivity index (χ2v) is 9.68. The molecule has 2 heterocycles. The molecule has 0 fully saturated rings. The van der Waals surface area contributed by atoms with Crippen LogP contribution in [-0.4, -0.2) is 47.9 Å². The maximum absolute atomic E-state index is 12.6. The third-order valence-corrected chi connectivity index (χ3v) is 6.75. The maximum atomic E-state index is 12.6. The largest absolute Gasteiger partial charge is 0.293 e. The minimum Gasteiger partial charge on any atom is -0.293 e. The van der Waals surface area contributed by atoms with Crippen molar-refractivity contribution in [2.75, 3.05) is 22.9 Å². The molecule has 0 unspecified atom stereocenters. The van der Waals surface area contributed by atoms with E-state index in [9.17, 15) is 13.2 Å². The summed E-state index contributed by atoms with van der Waals surface area (Å²) in [5.41, 5.74) is 3.07. The van der Waals surface area contributed by atoms with E-state index in [1.54, 1.807) is 12.1 Å². The number of aromatic nitrogens is 3. The molecule has 4 rings (SSSR count). The van der Waals surface area contributed by atoms with Crippen LogP contribution in [-0.2, 0) is 16.4 Å². The highest BCUT2D eigenvalue weighted by molar-refractivity contribution is 7.99. The van der Waals surface area contributed by atoms with Gasteiger partial charge in [-0.15, -0.1) is 5.10 Å². The van der Waals surface area contributed by atoms with Crippen LogP contribution in [0.4, 0.5) is 5.69 Å². The molecule has 7 nitrogen and oxygen atoms in total. The number of carbonyl (C=O) groups excluding carboxylic acids is 1. The van der Waals surface area contributed by atoms with E-state index < -0.39 is 10.0 Å². The second-order valence-electron chi connectivity index (χ2n) is 6.83. The molecule has 0 radical (unpaired) electrons. The molecule has 9 heteroatoms. The summed E-state index contributed by atoms with van der Waals surface area (Å²) in [6.45, 7) is 0.476. The summed E-state index contributed by atoms with van der Waals surface area (Å²) in [5, 5.41) is 7.57. The molecule has 0 amide bonds. The van der Waals surface area contributed by atoms with Crippen molar-refractivity contribution in [1.29, 1.82) is 0 Å². The number of fused-ring (bicyclic) bond motifs is 1. The molecular formula is C20H20N4O3S2. The number of sulfonamides is 1. The highest BCUT2D eigenvalue weighted by Gasteiger charge is 2.24. The molecule has 0 atom stereocenters. The number of Topliss-reactive ketones (excluding diaryl/α,β-unsaturated/α-hetero) is 1. The number of carbonyl (C=O) groups is 1. The minimum atomic E-state index is -3.31. The lowest BCUT2D eigenvalue weighted by Gasteiger charge is -2.29. The van der Waals surface area contributed by atoms with Crippen molar-refractivity contribution in [3.63, 3.8) is 0 Å². The monoisotopic (exact) mass is 428 g/mol. The van der Waals surface area contributed by atoms with Gasteiger partial charge in [0.1, 0.15) is 0 Å². The summed E-state index contributed by atoms with van der Waals surface area (Å²) in [6, 6.07) is 14.9. The van der Waals surface area contributed by atoms with Gasteiger partial charge < -0.3 is 0 Å². The topological polar surface area (TPSA) is 96.0 Å². The van der Waals surface area contributed by atoms with Crippen molar-refractivity contribution in [1.82, 2.24) is 15.2 Å². The van der Waals surface area contributed by atoms with E-state index in [2.05, 4.69) is 15.2 Å². The van der Waals surface area contributed by atoms with E-state index in [-0.39, 0.29) is 11.5 Å². The average Bonchev–Trinajstić information content (AvgIpc) is 3.20. The molecule has 0 saturated carbocycles. The number of ketones is 1. The van der Waals surface area contributed by atoms with Crippen molar-refractivity contribution in [3.8, 4) is 11.4 Å². The van der Waals surface area contributed by atoms with Crippen LogP contribution < -0.4 is 4.31 Å². The summed E-state index contributed by atoms with van der Waals surface area (Å²) < 4.78 is 25.4. The number of aromatic amines is 1. The Hall–Kier alpha value is -2.65. The number of hydrogen-bond acceptors (Lipinski definition) is 6. The molecular weight excluding hydrogens is 408 g/mol. The number of nitrogens with zero attached hydrogens (tertiary/aromatic N) is 3. The summed E-state index contributed by atoms with van der Waals surface area (Å²) in [5.74, 6) is 0.830. The van der Waals surface area contributed by atoms with Crippen LogP contribution in [0.3, 0.4) is 0 Å². The Morgan fingerprint density at radius 3 is 2.76 bits per heavy atom. The number of aryl methyl sites for hydroxylation is 1. The predicted octanol–water partition coefficient (Wildman–Crippen LogP) is 3.16. The Morgan fingerprint density at radius 1 is 1.21 bits per heavy atom. The van der Waals surface area contributed by atoms with Gasteiger partial charge in [-0.25, -0.2) is 13.4 Å². The smallest absolute Gasteiger partial charge is 0.232 e. The molecule has 0 aliphatic carbocycles. The van der Waals surface area contributed by atoms with Gasteiger partial charge in [-0.1, -0.05) is 42.1 Å².